The summed E-state index contributed by atoms with van der Waals surface area (Å²) in [5.41, 5.74) is 0.493. The minimum Gasteiger partial charge on any atom is -0.341 e. The standard InChI is InChI=1S/C15H20ClN3O2.ClH/c1-10-9-17-7-8-19(10)15(21)11(2)18-14(20)12-3-5-13(16)6-4-12;/h3-6,10-11,17H,7-9H2,1-2H3,(H,18,20);1H. The molecule has 22 heavy (non-hydrogen) atoms. The van der Waals surface area contributed by atoms with Gasteiger partial charge in [-0.3, -0.25) is 9.59 Å². The number of amides is 2. The van der Waals surface area contributed by atoms with E-state index in [2.05, 4.69) is 10.6 Å². The zero-order valence-electron chi connectivity index (χ0n) is 12.6. The lowest BCUT2D eigenvalue weighted by molar-refractivity contribution is -0.135. The van der Waals surface area contributed by atoms with Crippen LogP contribution in [0.4, 0.5) is 0 Å². The molecule has 2 N–H and O–H groups in total. The molecule has 2 rings (SSSR count). The van der Waals surface area contributed by atoms with Crippen molar-refractivity contribution < 1.29 is 9.59 Å². The maximum absolute atomic E-state index is 12.4. The van der Waals surface area contributed by atoms with Crippen molar-refractivity contribution in [3.8, 4) is 0 Å². The highest BCUT2D eigenvalue weighted by atomic mass is 35.5. The topological polar surface area (TPSA) is 61.4 Å². The van der Waals surface area contributed by atoms with E-state index >= 15 is 0 Å². The van der Waals surface area contributed by atoms with Crippen LogP contribution < -0.4 is 10.6 Å². The fourth-order valence-electron chi connectivity index (χ4n) is 2.36. The third-order valence-corrected chi connectivity index (χ3v) is 3.86. The number of carbonyl (C=O) groups excluding carboxylic acids is 2. The zero-order chi connectivity index (χ0) is 15.4. The van der Waals surface area contributed by atoms with Gasteiger partial charge in [0.2, 0.25) is 5.91 Å². The molecule has 1 aliphatic rings. The van der Waals surface area contributed by atoms with E-state index in [0.29, 0.717) is 17.1 Å². The van der Waals surface area contributed by atoms with Crippen LogP contribution in [-0.4, -0.2) is 48.4 Å². The third kappa shape index (κ3) is 4.60. The van der Waals surface area contributed by atoms with Gasteiger partial charge in [-0.25, -0.2) is 0 Å². The van der Waals surface area contributed by atoms with Crippen LogP contribution in [0.2, 0.25) is 5.02 Å². The Hall–Kier alpha value is -1.30. The molecule has 0 radical (unpaired) electrons. The first-order chi connectivity index (χ1) is 9.99. The maximum atomic E-state index is 12.4. The van der Waals surface area contributed by atoms with Crippen molar-refractivity contribution in [1.29, 1.82) is 0 Å². The van der Waals surface area contributed by atoms with E-state index in [1.165, 1.54) is 0 Å². The van der Waals surface area contributed by atoms with Gasteiger partial charge in [-0.05, 0) is 38.1 Å². The molecule has 0 bridgehead atoms. The SMILES string of the molecule is CC(NC(=O)c1ccc(Cl)cc1)C(=O)N1CCNCC1C.Cl. The Bertz CT molecular complexity index is 522. The van der Waals surface area contributed by atoms with Crippen molar-refractivity contribution in [1.82, 2.24) is 15.5 Å². The molecule has 7 heteroatoms. The van der Waals surface area contributed by atoms with Crippen LogP contribution in [0.5, 0.6) is 0 Å². The minimum atomic E-state index is -0.547. The van der Waals surface area contributed by atoms with Crippen LogP contribution in [-0.2, 0) is 4.79 Å². The average molecular weight is 346 g/mol. The minimum absolute atomic E-state index is 0. The highest BCUT2D eigenvalue weighted by Gasteiger charge is 2.27. The number of hydrogen-bond acceptors (Lipinski definition) is 3. The Kier molecular flexibility index (Phi) is 7.13. The Morgan fingerprint density at radius 2 is 2.00 bits per heavy atom. The highest BCUT2D eigenvalue weighted by molar-refractivity contribution is 6.30. The van der Waals surface area contributed by atoms with Gasteiger partial charge in [0, 0.05) is 36.3 Å². The van der Waals surface area contributed by atoms with E-state index in [-0.39, 0.29) is 30.3 Å². The summed E-state index contributed by atoms with van der Waals surface area (Å²) in [7, 11) is 0. The normalized spacial score (nSPS) is 19.0. The van der Waals surface area contributed by atoms with E-state index < -0.39 is 6.04 Å². The molecule has 1 aliphatic heterocycles. The number of halogens is 2. The van der Waals surface area contributed by atoms with Crippen LogP contribution in [0, 0.1) is 0 Å². The quantitative estimate of drug-likeness (QED) is 0.876. The van der Waals surface area contributed by atoms with Gasteiger partial charge in [0.1, 0.15) is 6.04 Å². The van der Waals surface area contributed by atoms with Gasteiger partial charge in [0.15, 0.2) is 0 Å². The van der Waals surface area contributed by atoms with Crippen molar-refractivity contribution in [2.45, 2.75) is 25.9 Å². The molecule has 0 spiro atoms. The van der Waals surface area contributed by atoms with Crippen LogP contribution in [0.1, 0.15) is 24.2 Å². The molecule has 1 saturated heterocycles. The Morgan fingerprint density at radius 1 is 1.36 bits per heavy atom. The first-order valence-corrected chi connectivity index (χ1v) is 7.44. The summed E-state index contributed by atoms with van der Waals surface area (Å²) in [6, 6.07) is 6.18. The Morgan fingerprint density at radius 3 is 2.59 bits per heavy atom. The summed E-state index contributed by atoms with van der Waals surface area (Å²) in [6.07, 6.45) is 0. The Labute approximate surface area is 141 Å². The molecule has 0 saturated carbocycles. The van der Waals surface area contributed by atoms with Crippen LogP contribution in [0.3, 0.4) is 0 Å². The average Bonchev–Trinajstić information content (AvgIpc) is 2.47. The number of nitrogens with one attached hydrogen (secondary N) is 2. The first-order valence-electron chi connectivity index (χ1n) is 7.06. The summed E-state index contributed by atoms with van der Waals surface area (Å²) in [4.78, 5) is 26.3. The molecule has 1 aromatic carbocycles. The van der Waals surface area contributed by atoms with Gasteiger partial charge in [-0.1, -0.05) is 11.6 Å². The number of nitrogens with zero attached hydrogens (tertiary/aromatic N) is 1. The van der Waals surface area contributed by atoms with Gasteiger partial charge >= 0.3 is 0 Å². The van der Waals surface area contributed by atoms with Crippen molar-refractivity contribution in [3.05, 3.63) is 34.9 Å². The lowest BCUT2D eigenvalue weighted by Gasteiger charge is -2.35. The molecule has 122 valence electrons. The summed E-state index contributed by atoms with van der Waals surface area (Å²) in [5.74, 6) is -0.318. The first kappa shape index (κ1) is 18.7. The lowest BCUT2D eigenvalue weighted by atomic mass is 10.1. The monoisotopic (exact) mass is 345 g/mol. The number of hydrogen-bond donors (Lipinski definition) is 2. The van der Waals surface area contributed by atoms with Crippen LogP contribution in [0.15, 0.2) is 24.3 Å². The predicted molar refractivity (Wildman–Crippen MR) is 89.7 cm³/mol. The lowest BCUT2D eigenvalue weighted by Crippen LogP contribution is -2.57. The second kappa shape index (κ2) is 8.36. The zero-order valence-corrected chi connectivity index (χ0v) is 14.2. The summed E-state index contributed by atoms with van der Waals surface area (Å²) >= 11 is 5.79. The molecule has 0 aliphatic carbocycles. The number of carbonyl (C=O) groups is 2. The Balaban J connectivity index is 0.00000242. The van der Waals surface area contributed by atoms with Gasteiger partial charge in [0.25, 0.3) is 5.91 Å². The molecule has 2 unspecified atom stereocenters. The van der Waals surface area contributed by atoms with Gasteiger partial charge in [0.05, 0.1) is 0 Å². The summed E-state index contributed by atoms with van der Waals surface area (Å²) < 4.78 is 0. The summed E-state index contributed by atoms with van der Waals surface area (Å²) in [5, 5.41) is 6.55. The maximum Gasteiger partial charge on any atom is 0.251 e. The van der Waals surface area contributed by atoms with Crippen LogP contribution >= 0.6 is 24.0 Å². The smallest absolute Gasteiger partial charge is 0.251 e. The van der Waals surface area contributed by atoms with Crippen molar-refractivity contribution in [2.75, 3.05) is 19.6 Å². The molecule has 1 fully saturated rings. The second-order valence-electron chi connectivity index (χ2n) is 5.29. The molecule has 0 aromatic heterocycles. The van der Waals surface area contributed by atoms with E-state index in [9.17, 15) is 9.59 Å². The van der Waals surface area contributed by atoms with Gasteiger partial charge in [-0.15, -0.1) is 12.4 Å². The van der Waals surface area contributed by atoms with Crippen molar-refractivity contribution >= 4 is 35.8 Å². The fraction of sp³-hybridized carbons (Fsp3) is 0.467. The van der Waals surface area contributed by atoms with Gasteiger partial charge < -0.3 is 15.5 Å². The molecule has 2 amide bonds. The second-order valence-corrected chi connectivity index (χ2v) is 5.72. The number of benzene rings is 1. The largest absolute Gasteiger partial charge is 0.341 e. The predicted octanol–water partition coefficient (Wildman–Crippen LogP) is 1.70. The molecular weight excluding hydrogens is 325 g/mol. The highest BCUT2D eigenvalue weighted by Crippen LogP contribution is 2.10. The summed E-state index contributed by atoms with van der Waals surface area (Å²) in [6.45, 7) is 5.95. The van der Waals surface area contributed by atoms with E-state index in [4.69, 9.17) is 11.6 Å². The molecule has 2 atom stereocenters. The molecule has 1 heterocycles. The fourth-order valence-corrected chi connectivity index (χ4v) is 2.49. The van der Waals surface area contributed by atoms with Gasteiger partial charge in [-0.2, -0.15) is 0 Å². The van der Waals surface area contributed by atoms with E-state index in [1.54, 1.807) is 31.2 Å². The molecule has 1 aromatic rings. The van der Waals surface area contributed by atoms with E-state index in [1.807, 2.05) is 11.8 Å². The third-order valence-electron chi connectivity index (χ3n) is 3.61. The van der Waals surface area contributed by atoms with Crippen molar-refractivity contribution in [2.24, 2.45) is 0 Å². The van der Waals surface area contributed by atoms with E-state index in [0.717, 1.165) is 13.1 Å². The molecule has 5 nitrogen and oxygen atoms in total. The van der Waals surface area contributed by atoms with Crippen LogP contribution in [0.25, 0.3) is 0 Å². The van der Waals surface area contributed by atoms with Crippen molar-refractivity contribution in [3.63, 3.8) is 0 Å². The molecular formula is C15H21Cl2N3O2. The number of piperazine rings is 1. The number of rotatable bonds is 3.